The highest BCUT2D eigenvalue weighted by molar-refractivity contribution is 5.57. The highest BCUT2D eigenvalue weighted by Gasteiger charge is 2.14. The molecule has 100 valence electrons. The average molecular weight is 248 g/mol. The number of hydrogen-bond acceptors (Lipinski definition) is 4. The number of aryl methyl sites for hydroxylation is 1. The number of likely N-dealkylation sites (N-methyl/N-ethyl adjacent to an activating group) is 1. The summed E-state index contributed by atoms with van der Waals surface area (Å²) in [5.41, 5.74) is 8.99. The first-order valence-electron chi connectivity index (χ1n) is 6.66. The lowest BCUT2D eigenvalue weighted by Gasteiger charge is -2.16. The number of nitrogens with zero attached hydrogens (tertiary/aromatic N) is 2. The highest BCUT2D eigenvalue weighted by atomic mass is 15.4. The van der Waals surface area contributed by atoms with Crippen molar-refractivity contribution in [2.24, 2.45) is 0 Å². The van der Waals surface area contributed by atoms with Gasteiger partial charge < -0.3 is 11.1 Å². The first-order chi connectivity index (χ1) is 8.65. The maximum absolute atomic E-state index is 5.74. The van der Waals surface area contributed by atoms with Gasteiger partial charge in [-0.2, -0.15) is 0 Å². The van der Waals surface area contributed by atoms with Gasteiger partial charge in [0.2, 0.25) is 0 Å². The zero-order valence-electron chi connectivity index (χ0n) is 11.4. The van der Waals surface area contributed by atoms with Crippen molar-refractivity contribution >= 4 is 11.4 Å². The van der Waals surface area contributed by atoms with Crippen molar-refractivity contribution < 1.29 is 0 Å². The third-order valence-electron chi connectivity index (χ3n) is 3.46. The van der Waals surface area contributed by atoms with Gasteiger partial charge >= 0.3 is 0 Å². The molecule has 1 aliphatic heterocycles. The number of benzene rings is 1. The van der Waals surface area contributed by atoms with Crippen molar-refractivity contribution in [3.8, 4) is 0 Å². The number of nitrogens with one attached hydrogen (secondary N) is 1. The van der Waals surface area contributed by atoms with Crippen LogP contribution in [0.5, 0.6) is 0 Å². The lowest BCUT2D eigenvalue weighted by atomic mass is 10.2. The summed E-state index contributed by atoms with van der Waals surface area (Å²) in [7, 11) is 2.18. The molecule has 0 unspecified atom stereocenters. The van der Waals surface area contributed by atoms with Gasteiger partial charge in [0.25, 0.3) is 0 Å². The second-order valence-corrected chi connectivity index (χ2v) is 5.19. The molecule has 0 radical (unpaired) electrons. The predicted molar refractivity (Wildman–Crippen MR) is 77.8 cm³/mol. The minimum Gasteiger partial charge on any atom is -0.399 e. The van der Waals surface area contributed by atoms with E-state index in [1.165, 1.54) is 37.3 Å². The number of rotatable bonds is 5. The van der Waals surface area contributed by atoms with E-state index in [4.69, 9.17) is 5.73 Å². The Morgan fingerprint density at radius 3 is 2.83 bits per heavy atom. The maximum atomic E-state index is 5.74. The lowest BCUT2D eigenvalue weighted by Crippen LogP contribution is -2.25. The first-order valence-corrected chi connectivity index (χ1v) is 6.66. The standard InChI is InChI=1S/C14H24N4/c1-12-10-13(15)4-5-14(12)16-6-3-7-18-9-8-17(2)11-18/h4-5,10,16H,3,6-9,11,15H2,1-2H3. The fraction of sp³-hybridized carbons (Fsp3) is 0.571. The van der Waals surface area contributed by atoms with Gasteiger partial charge in [-0.1, -0.05) is 0 Å². The van der Waals surface area contributed by atoms with Crippen LogP contribution >= 0.6 is 0 Å². The summed E-state index contributed by atoms with van der Waals surface area (Å²) in [5.74, 6) is 0. The zero-order valence-corrected chi connectivity index (χ0v) is 11.4. The molecule has 1 fully saturated rings. The van der Waals surface area contributed by atoms with Crippen LogP contribution in [0.3, 0.4) is 0 Å². The van der Waals surface area contributed by atoms with Gasteiger partial charge in [0, 0.05) is 37.6 Å². The minimum absolute atomic E-state index is 0.832. The Bertz CT molecular complexity index is 391. The first kappa shape index (κ1) is 13.2. The Morgan fingerprint density at radius 2 is 2.17 bits per heavy atom. The van der Waals surface area contributed by atoms with Crippen LogP contribution in [-0.4, -0.2) is 49.7 Å². The molecular formula is C14H24N4. The van der Waals surface area contributed by atoms with E-state index in [9.17, 15) is 0 Å². The average Bonchev–Trinajstić information content (AvgIpc) is 2.73. The van der Waals surface area contributed by atoms with Gasteiger partial charge in [0.05, 0.1) is 6.67 Å². The number of nitrogens with two attached hydrogens (primary N) is 1. The van der Waals surface area contributed by atoms with Crippen LogP contribution in [0.4, 0.5) is 11.4 Å². The van der Waals surface area contributed by atoms with E-state index in [2.05, 4.69) is 35.2 Å². The van der Waals surface area contributed by atoms with E-state index in [0.717, 1.165) is 18.9 Å². The predicted octanol–water partition coefficient (Wildman–Crippen LogP) is 1.58. The Labute approximate surface area is 110 Å². The monoisotopic (exact) mass is 248 g/mol. The van der Waals surface area contributed by atoms with Gasteiger partial charge in [0.15, 0.2) is 0 Å². The molecule has 2 rings (SSSR count). The molecule has 0 spiro atoms. The van der Waals surface area contributed by atoms with Crippen molar-refractivity contribution in [1.29, 1.82) is 0 Å². The fourth-order valence-electron chi connectivity index (χ4n) is 2.39. The van der Waals surface area contributed by atoms with Crippen LogP contribution in [0.25, 0.3) is 0 Å². The van der Waals surface area contributed by atoms with Crippen LogP contribution in [0.2, 0.25) is 0 Å². The number of hydrogen-bond donors (Lipinski definition) is 2. The maximum Gasteiger partial charge on any atom is 0.0504 e. The molecule has 0 saturated carbocycles. The van der Waals surface area contributed by atoms with Crippen molar-refractivity contribution in [2.75, 3.05) is 50.9 Å². The molecule has 4 nitrogen and oxygen atoms in total. The molecule has 1 saturated heterocycles. The fourth-order valence-corrected chi connectivity index (χ4v) is 2.39. The molecule has 1 aromatic carbocycles. The Hall–Kier alpha value is -1.26. The molecule has 1 aliphatic rings. The molecule has 18 heavy (non-hydrogen) atoms. The van der Waals surface area contributed by atoms with E-state index < -0.39 is 0 Å². The van der Waals surface area contributed by atoms with Gasteiger partial charge in [-0.15, -0.1) is 0 Å². The van der Waals surface area contributed by atoms with Crippen LogP contribution in [0.15, 0.2) is 18.2 Å². The Balaban J connectivity index is 1.69. The summed E-state index contributed by atoms with van der Waals surface area (Å²) in [4.78, 5) is 4.86. The van der Waals surface area contributed by atoms with Crippen molar-refractivity contribution in [3.05, 3.63) is 23.8 Å². The summed E-state index contributed by atoms with van der Waals surface area (Å²) < 4.78 is 0. The highest BCUT2D eigenvalue weighted by Crippen LogP contribution is 2.17. The third-order valence-corrected chi connectivity index (χ3v) is 3.46. The second kappa shape index (κ2) is 6.07. The quantitative estimate of drug-likeness (QED) is 0.613. The summed E-state index contributed by atoms with van der Waals surface area (Å²) in [5, 5.41) is 3.48. The van der Waals surface area contributed by atoms with Crippen LogP contribution < -0.4 is 11.1 Å². The number of nitrogen functional groups attached to an aromatic ring is 1. The Kier molecular flexibility index (Phi) is 4.44. The van der Waals surface area contributed by atoms with E-state index >= 15 is 0 Å². The van der Waals surface area contributed by atoms with Gasteiger partial charge in [-0.25, -0.2) is 0 Å². The normalized spacial score (nSPS) is 17.2. The molecule has 4 heteroatoms. The van der Waals surface area contributed by atoms with Crippen LogP contribution in [0.1, 0.15) is 12.0 Å². The van der Waals surface area contributed by atoms with E-state index in [1.807, 2.05) is 12.1 Å². The molecule has 0 amide bonds. The molecule has 1 heterocycles. The van der Waals surface area contributed by atoms with Crippen molar-refractivity contribution in [1.82, 2.24) is 9.80 Å². The SMILES string of the molecule is Cc1cc(N)ccc1NCCCN1CCN(C)C1. The summed E-state index contributed by atoms with van der Waals surface area (Å²) in [6.07, 6.45) is 1.18. The third kappa shape index (κ3) is 3.62. The van der Waals surface area contributed by atoms with E-state index in [0.29, 0.717) is 0 Å². The Morgan fingerprint density at radius 1 is 1.33 bits per heavy atom. The summed E-state index contributed by atoms with van der Waals surface area (Å²) in [6, 6.07) is 6.02. The summed E-state index contributed by atoms with van der Waals surface area (Å²) >= 11 is 0. The molecule has 0 aromatic heterocycles. The number of anilines is 2. The molecule has 0 aliphatic carbocycles. The second-order valence-electron chi connectivity index (χ2n) is 5.19. The van der Waals surface area contributed by atoms with E-state index in [-0.39, 0.29) is 0 Å². The zero-order chi connectivity index (χ0) is 13.0. The van der Waals surface area contributed by atoms with Crippen LogP contribution in [-0.2, 0) is 0 Å². The smallest absolute Gasteiger partial charge is 0.0504 e. The van der Waals surface area contributed by atoms with Gasteiger partial charge in [-0.3, -0.25) is 9.80 Å². The molecule has 0 atom stereocenters. The largest absolute Gasteiger partial charge is 0.399 e. The topological polar surface area (TPSA) is 44.5 Å². The molecular weight excluding hydrogens is 224 g/mol. The molecule has 1 aromatic rings. The van der Waals surface area contributed by atoms with Crippen LogP contribution in [0, 0.1) is 6.92 Å². The van der Waals surface area contributed by atoms with E-state index in [1.54, 1.807) is 0 Å². The summed E-state index contributed by atoms with van der Waals surface area (Å²) in [6.45, 7) is 7.80. The van der Waals surface area contributed by atoms with Gasteiger partial charge in [0.1, 0.15) is 0 Å². The van der Waals surface area contributed by atoms with Crippen molar-refractivity contribution in [2.45, 2.75) is 13.3 Å². The van der Waals surface area contributed by atoms with Crippen molar-refractivity contribution in [3.63, 3.8) is 0 Å². The lowest BCUT2D eigenvalue weighted by molar-refractivity contribution is 0.274. The molecule has 3 N–H and O–H groups in total. The van der Waals surface area contributed by atoms with Gasteiger partial charge in [-0.05, 0) is 44.2 Å². The molecule has 0 bridgehead atoms. The minimum atomic E-state index is 0.832.